The second-order valence-corrected chi connectivity index (χ2v) is 7.17. The van der Waals surface area contributed by atoms with E-state index >= 15 is 0 Å². The second-order valence-electron chi connectivity index (χ2n) is 5.53. The Hall–Kier alpha value is -1.92. The van der Waals surface area contributed by atoms with E-state index in [9.17, 15) is 9.59 Å². The number of anilines is 1. The largest absolute Gasteiger partial charge is 0.337 e. The van der Waals surface area contributed by atoms with E-state index in [1.807, 2.05) is 25.1 Å². The molecule has 1 aromatic carbocycles. The SMILES string of the molecule is Cc1cnc(NC(=O)[C@H]2CC(=O)N(Cc3ccccc3Cl)C2)s1. The smallest absolute Gasteiger partial charge is 0.231 e. The van der Waals surface area contributed by atoms with Crippen LogP contribution in [0.5, 0.6) is 0 Å². The third-order valence-corrected chi connectivity index (χ3v) is 4.95. The van der Waals surface area contributed by atoms with E-state index in [1.165, 1.54) is 11.3 Å². The van der Waals surface area contributed by atoms with Crippen LogP contribution in [0.2, 0.25) is 5.02 Å². The van der Waals surface area contributed by atoms with Crippen molar-refractivity contribution in [1.29, 1.82) is 0 Å². The molecule has 7 heteroatoms. The lowest BCUT2D eigenvalue weighted by Crippen LogP contribution is -2.28. The van der Waals surface area contributed by atoms with Gasteiger partial charge in [-0.1, -0.05) is 29.8 Å². The molecule has 3 rings (SSSR count). The maximum Gasteiger partial charge on any atom is 0.231 e. The zero-order valence-electron chi connectivity index (χ0n) is 12.6. The summed E-state index contributed by atoms with van der Waals surface area (Å²) < 4.78 is 0. The zero-order chi connectivity index (χ0) is 16.4. The first-order valence-electron chi connectivity index (χ1n) is 7.27. The van der Waals surface area contributed by atoms with Crippen molar-refractivity contribution in [3.63, 3.8) is 0 Å². The Kier molecular flexibility index (Phi) is 4.63. The maximum atomic E-state index is 12.3. The number of nitrogens with one attached hydrogen (secondary N) is 1. The van der Waals surface area contributed by atoms with Gasteiger partial charge in [0.25, 0.3) is 0 Å². The summed E-state index contributed by atoms with van der Waals surface area (Å²) in [5, 5.41) is 3.99. The third kappa shape index (κ3) is 3.71. The summed E-state index contributed by atoms with van der Waals surface area (Å²) in [5.41, 5.74) is 0.888. The Balaban J connectivity index is 1.63. The van der Waals surface area contributed by atoms with Gasteiger partial charge in [0.2, 0.25) is 11.8 Å². The van der Waals surface area contributed by atoms with Gasteiger partial charge in [-0.3, -0.25) is 9.59 Å². The van der Waals surface area contributed by atoms with Gasteiger partial charge in [0.05, 0.1) is 5.92 Å². The van der Waals surface area contributed by atoms with Gasteiger partial charge in [0, 0.05) is 35.6 Å². The molecular formula is C16H16ClN3O2S. The molecule has 1 saturated heterocycles. The number of rotatable bonds is 4. The highest BCUT2D eigenvalue weighted by Crippen LogP contribution is 2.25. The lowest BCUT2D eigenvalue weighted by molar-refractivity contribution is -0.128. The van der Waals surface area contributed by atoms with Crippen LogP contribution in [0.4, 0.5) is 5.13 Å². The summed E-state index contributed by atoms with van der Waals surface area (Å²) in [4.78, 5) is 31.3. The highest BCUT2D eigenvalue weighted by molar-refractivity contribution is 7.15. The Morgan fingerprint density at radius 1 is 1.48 bits per heavy atom. The van der Waals surface area contributed by atoms with E-state index in [-0.39, 0.29) is 24.2 Å². The van der Waals surface area contributed by atoms with E-state index in [1.54, 1.807) is 17.2 Å². The molecule has 5 nitrogen and oxygen atoms in total. The number of nitrogens with zero attached hydrogens (tertiary/aromatic N) is 2. The summed E-state index contributed by atoms with van der Waals surface area (Å²) in [5.74, 6) is -0.538. The highest BCUT2D eigenvalue weighted by Gasteiger charge is 2.34. The fraction of sp³-hybridized carbons (Fsp3) is 0.312. The molecule has 2 aromatic rings. The minimum Gasteiger partial charge on any atom is -0.337 e. The third-order valence-electron chi connectivity index (χ3n) is 3.76. The van der Waals surface area contributed by atoms with Crippen LogP contribution in [0.15, 0.2) is 30.5 Å². The lowest BCUT2D eigenvalue weighted by Gasteiger charge is -2.17. The quantitative estimate of drug-likeness (QED) is 0.922. The average Bonchev–Trinajstić information content (AvgIpc) is 3.08. The summed E-state index contributed by atoms with van der Waals surface area (Å²) in [7, 11) is 0. The standard InChI is InChI=1S/C16H16ClN3O2S/c1-10-7-18-16(23-10)19-15(22)12-6-14(21)20(9-12)8-11-4-2-3-5-13(11)17/h2-5,7,12H,6,8-9H2,1H3,(H,18,19,22)/t12-/m0/s1. The highest BCUT2D eigenvalue weighted by atomic mass is 35.5. The monoisotopic (exact) mass is 349 g/mol. The molecular weight excluding hydrogens is 334 g/mol. The van der Waals surface area contributed by atoms with Crippen molar-refractivity contribution < 1.29 is 9.59 Å². The van der Waals surface area contributed by atoms with Crippen LogP contribution in [0.1, 0.15) is 16.9 Å². The fourth-order valence-electron chi connectivity index (χ4n) is 2.55. The Bertz CT molecular complexity index is 746. The Labute approximate surface area is 143 Å². The molecule has 120 valence electrons. The molecule has 0 aliphatic carbocycles. The molecule has 1 N–H and O–H groups in total. The van der Waals surface area contributed by atoms with Crippen molar-refractivity contribution in [3.05, 3.63) is 45.9 Å². The van der Waals surface area contributed by atoms with Gasteiger partial charge in [0.1, 0.15) is 0 Å². The number of aromatic nitrogens is 1. The van der Waals surface area contributed by atoms with Crippen LogP contribution in [0.25, 0.3) is 0 Å². The summed E-state index contributed by atoms with van der Waals surface area (Å²) in [6, 6.07) is 7.43. The van der Waals surface area contributed by atoms with Gasteiger partial charge in [-0.25, -0.2) is 4.98 Å². The van der Waals surface area contributed by atoms with Gasteiger partial charge < -0.3 is 10.2 Å². The first-order chi connectivity index (χ1) is 11.0. The zero-order valence-corrected chi connectivity index (χ0v) is 14.2. The molecule has 1 aliphatic heterocycles. The summed E-state index contributed by atoms with van der Waals surface area (Å²) in [6.45, 7) is 2.76. The van der Waals surface area contributed by atoms with Crippen molar-refractivity contribution in [2.24, 2.45) is 5.92 Å². The predicted octanol–water partition coefficient (Wildman–Crippen LogP) is 3.09. The number of hydrogen-bond acceptors (Lipinski definition) is 4. The molecule has 0 radical (unpaired) electrons. The number of thiazole rings is 1. The van der Waals surface area contributed by atoms with Gasteiger partial charge in [0.15, 0.2) is 5.13 Å². The molecule has 0 bridgehead atoms. The molecule has 1 aromatic heterocycles. The minimum atomic E-state index is -0.353. The van der Waals surface area contributed by atoms with Crippen LogP contribution >= 0.6 is 22.9 Å². The van der Waals surface area contributed by atoms with Crippen LogP contribution in [-0.2, 0) is 16.1 Å². The van der Waals surface area contributed by atoms with Gasteiger partial charge in [-0.15, -0.1) is 11.3 Å². The maximum absolute atomic E-state index is 12.3. The number of hydrogen-bond donors (Lipinski definition) is 1. The van der Waals surface area contributed by atoms with Crippen molar-refractivity contribution in [2.75, 3.05) is 11.9 Å². The van der Waals surface area contributed by atoms with E-state index in [4.69, 9.17) is 11.6 Å². The van der Waals surface area contributed by atoms with Crippen LogP contribution < -0.4 is 5.32 Å². The summed E-state index contributed by atoms with van der Waals surface area (Å²) in [6.07, 6.45) is 1.93. The molecule has 2 heterocycles. The van der Waals surface area contributed by atoms with Crippen molar-refractivity contribution >= 4 is 39.9 Å². The normalized spacial score (nSPS) is 17.6. The minimum absolute atomic E-state index is 0.0274. The average molecular weight is 350 g/mol. The number of halogens is 1. The van der Waals surface area contributed by atoms with E-state index in [0.29, 0.717) is 23.2 Å². The number of carbonyl (C=O) groups excluding carboxylic acids is 2. The predicted molar refractivity (Wildman–Crippen MR) is 90.5 cm³/mol. The fourth-order valence-corrected chi connectivity index (χ4v) is 3.42. The Morgan fingerprint density at radius 3 is 2.96 bits per heavy atom. The van der Waals surface area contributed by atoms with Crippen LogP contribution in [0.3, 0.4) is 0 Å². The number of amides is 2. The first-order valence-corrected chi connectivity index (χ1v) is 8.47. The molecule has 1 aliphatic rings. The summed E-state index contributed by atoms with van der Waals surface area (Å²) >= 11 is 7.56. The number of likely N-dealkylation sites (tertiary alicyclic amines) is 1. The van der Waals surface area contributed by atoms with E-state index < -0.39 is 0 Å². The molecule has 0 unspecified atom stereocenters. The van der Waals surface area contributed by atoms with Gasteiger partial charge in [-0.05, 0) is 18.6 Å². The molecule has 1 fully saturated rings. The van der Waals surface area contributed by atoms with Crippen molar-refractivity contribution in [3.8, 4) is 0 Å². The van der Waals surface area contributed by atoms with Crippen molar-refractivity contribution in [1.82, 2.24) is 9.88 Å². The molecule has 0 saturated carbocycles. The van der Waals surface area contributed by atoms with Gasteiger partial charge >= 0.3 is 0 Å². The molecule has 23 heavy (non-hydrogen) atoms. The number of aryl methyl sites for hydroxylation is 1. The molecule has 2 amide bonds. The number of benzene rings is 1. The number of carbonyl (C=O) groups is 2. The van der Waals surface area contributed by atoms with E-state index in [0.717, 1.165) is 10.4 Å². The lowest BCUT2D eigenvalue weighted by atomic mass is 10.1. The molecule has 0 spiro atoms. The van der Waals surface area contributed by atoms with Crippen LogP contribution in [-0.4, -0.2) is 28.2 Å². The van der Waals surface area contributed by atoms with Crippen molar-refractivity contribution in [2.45, 2.75) is 19.9 Å². The first kappa shape index (κ1) is 16.0. The topological polar surface area (TPSA) is 62.3 Å². The van der Waals surface area contributed by atoms with Crippen LogP contribution in [0, 0.1) is 12.8 Å². The second kappa shape index (κ2) is 6.68. The Morgan fingerprint density at radius 2 is 2.26 bits per heavy atom. The molecule has 1 atom stereocenters. The van der Waals surface area contributed by atoms with E-state index in [2.05, 4.69) is 10.3 Å². The van der Waals surface area contributed by atoms with Gasteiger partial charge in [-0.2, -0.15) is 0 Å².